The zero-order valence-electron chi connectivity index (χ0n) is 17.8. The van der Waals surface area contributed by atoms with Crippen LogP contribution in [-0.4, -0.2) is 37.9 Å². The van der Waals surface area contributed by atoms with Gasteiger partial charge in [0.05, 0.1) is 16.9 Å². The summed E-state index contributed by atoms with van der Waals surface area (Å²) in [5.74, 6) is -3.06. The van der Waals surface area contributed by atoms with Gasteiger partial charge in [-0.2, -0.15) is 0 Å². The molecule has 2 heterocycles. The quantitative estimate of drug-likeness (QED) is 0.732. The van der Waals surface area contributed by atoms with E-state index >= 15 is 0 Å². The number of nitrogens with zero attached hydrogens (tertiary/aromatic N) is 3. The summed E-state index contributed by atoms with van der Waals surface area (Å²) in [5.41, 5.74) is 0.207. The molecule has 166 valence electrons. The lowest BCUT2D eigenvalue weighted by molar-refractivity contribution is -0.0223. The molecule has 0 spiro atoms. The smallest absolute Gasteiger partial charge is 0.262 e. The van der Waals surface area contributed by atoms with Crippen molar-refractivity contribution in [3.63, 3.8) is 0 Å². The van der Waals surface area contributed by atoms with Crippen molar-refractivity contribution in [2.24, 2.45) is 7.05 Å². The average molecular weight is 445 g/mol. The number of hydrogen-bond donors (Lipinski definition) is 1. The van der Waals surface area contributed by atoms with Crippen LogP contribution in [0.15, 0.2) is 16.9 Å². The predicted octanol–water partition coefficient (Wildman–Crippen LogP) is 3.42. The zero-order valence-corrected chi connectivity index (χ0v) is 18.6. The SMILES string of the molecule is C[C@@H](N[S+]([O-])C(C)(C)C)c1cc(F)cc2c(=O)n(C)c(N3CCC(F)(F)CC3)nc12. The van der Waals surface area contributed by atoms with Gasteiger partial charge >= 0.3 is 0 Å². The molecular weight excluding hydrogens is 417 g/mol. The molecule has 1 aliphatic rings. The van der Waals surface area contributed by atoms with E-state index < -0.39 is 39.4 Å². The lowest BCUT2D eigenvalue weighted by atomic mass is 10.0. The third-order valence-corrected chi connectivity index (χ3v) is 6.92. The van der Waals surface area contributed by atoms with E-state index in [2.05, 4.69) is 9.71 Å². The summed E-state index contributed by atoms with van der Waals surface area (Å²) in [6.45, 7) is 7.28. The highest BCUT2D eigenvalue weighted by Gasteiger charge is 2.35. The minimum atomic E-state index is -2.73. The summed E-state index contributed by atoms with van der Waals surface area (Å²) in [4.78, 5) is 19.2. The Morgan fingerprint density at radius 3 is 2.43 bits per heavy atom. The van der Waals surface area contributed by atoms with E-state index in [1.807, 2.05) is 20.8 Å². The maximum Gasteiger partial charge on any atom is 0.262 e. The fourth-order valence-corrected chi connectivity index (χ4v) is 4.20. The van der Waals surface area contributed by atoms with E-state index in [0.717, 1.165) is 6.07 Å². The number of anilines is 1. The first kappa shape index (κ1) is 22.9. The standard InChI is InChI=1S/C20H27F3N4O2S/c1-12(25-30(29)19(2,3)4)14-10-13(21)11-15-16(14)24-18(26(5)17(15)28)27-8-6-20(22,23)7-9-27/h10-12,25H,6-9H2,1-5H3/t12-,30?/m1/s1. The minimum absolute atomic E-state index is 0.0666. The van der Waals surface area contributed by atoms with E-state index in [4.69, 9.17) is 0 Å². The van der Waals surface area contributed by atoms with Crippen LogP contribution in [0.25, 0.3) is 10.9 Å². The maximum atomic E-state index is 14.3. The Balaban J connectivity index is 2.08. The van der Waals surface area contributed by atoms with Gasteiger partial charge in [0.25, 0.3) is 11.5 Å². The van der Waals surface area contributed by atoms with Crippen molar-refractivity contribution in [2.45, 2.75) is 57.2 Å². The number of alkyl halides is 2. The number of halogens is 3. The van der Waals surface area contributed by atoms with Gasteiger partial charge in [0, 0.05) is 49.9 Å². The molecule has 1 fully saturated rings. The van der Waals surface area contributed by atoms with Gasteiger partial charge in [-0.15, -0.1) is 4.72 Å². The molecule has 1 unspecified atom stereocenters. The molecule has 30 heavy (non-hydrogen) atoms. The molecule has 0 aliphatic carbocycles. The second-order valence-electron chi connectivity index (χ2n) is 8.73. The van der Waals surface area contributed by atoms with Crippen molar-refractivity contribution in [1.82, 2.24) is 14.3 Å². The molecule has 0 bridgehead atoms. The second-order valence-corrected chi connectivity index (χ2v) is 10.7. The van der Waals surface area contributed by atoms with E-state index in [0.29, 0.717) is 5.56 Å². The fourth-order valence-electron chi connectivity index (χ4n) is 3.40. The van der Waals surface area contributed by atoms with Crippen LogP contribution in [-0.2, 0) is 18.4 Å². The highest BCUT2D eigenvalue weighted by molar-refractivity contribution is 7.90. The highest BCUT2D eigenvalue weighted by Crippen LogP contribution is 2.31. The largest absolute Gasteiger partial charge is 0.598 e. The second kappa shape index (κ2) is 8.05. The number of piperidine rings is 1. The Morgan fingerprint density at radius 1 is 1.27 bits per heavy atom. The topological polar surface area (TPSA) is 73.2 Å². The monoisotopic (exact) mass is 444 g/mol. The van der Waals surface area contributed by atoms with E-state index in [1.54, 1.807) is 11.8 Å². The van der Waals surface area contributed by atoms with Gasteiger partial charge in [0.1, 0.15) is 10.6 Å². The van der Waals surface area contributed by atoms with Gasteiger partial charge in [0.2, 0.25) is 5.95 Å². The fraction of sp³-hybridized carbons (Fsp3) is 0.600. The summed E-state index contributed by atoms with van der Waals surface area (Å²) < 4.78 is 57.6. The summed E-state index contributed by atoms with van der Waals surface area (Å²) in [6, 6.07) is 1.83. The third-order valence-electron chi connectivity index (χ3n) is 5.24. The summed E-state index contributed by atoms with van der Waals surface area (Å²) in [5, 5.41) is 0.0915. The summed E-state index contributed by atoms with van der Waals surface area (Å²) in [7, 11) is 1.50. The van der Waals surface area contributed by atoms with Crippen LogP contribution >= 0.6 is 0 Å². The van der Waals surface area contributed by atoms with Gasteiger partial charge in [-0.25, -0.2) is 18.2 Å². The molecule has 6 nitrogen and oxygen atoms in total. The Labute approximate surface area is 176 Å². The molecule has 1 aliphatic heterocycles. The normalized spacial score (nSPS) is 19.2. The van der Waals surface area contributed by atoms with Gasteiger partial charge in [-0.3, -0.25) is 9.36 Å². The molecule has 10 heteroatoms. The maximum absolute atomic E-state index is 14.3. The van der Waals surface area contributed by atoms with Crippen LogP contribution < -0.4 is 15.2 Å². The van der Waals surface area contributed by atoms with Crippen LogP contribution in [0.3, 0.4) is 0 Å². The third kappa shape index (κ3) is 4.60. The van der Waals surface area contributed by atoms with Gasteiger partial charge in [-0.1, -0.05) is 0 Å². The number of aromatic nitrogens is 2. The molecule has 0 radical (unpaired) electrons. The zero-order chi connectivity index (χ0) is 22.4. The number of hydrogen-bond acceptors (Lipinski definition) is 5. The molecule has 2 atom stereocenters. The Hall–Kier alpha value is -1.78. The van der Waals surface area contributed by atoms with E-state index in [1.165, 1.54) is 17.7 Å². The van der Waals surface area contributed by atoms with Crippen molar-refractivity contribution in [3.05, 3.63) is 33.9 Å². The number of nitrogens with one attached hydrogen (secondary N) is 1. The first-order valence-corrected chi connectivity index (χ1v) is 11.0. The molecule has 0 saturated carbocycles. The van der Waals surface area contributed by atoms with Crippen LogP contribution in [0.2, 0.25) is 0 Å². The molecule has 1 aromatic heterocycles. The first-order chi connectivity index (χ1) is 13.8. The van der Waals surface area contributed by atoms with Crippen molar-refractivity contribution in [2.75, 3.05) is 18.0 Å². The van der Waals surface area contributed by atoms with E-state index in [9.17, 15) is 22.5 Å². The predicted molar refractivity (Wildman–Crippen MR) is 113 cm³/mol. The van der Waals surface area contributed by atoms with Gasteiger partial charge in [0.15, 0.2) is 0 Å². The van der Waals surface area contributed by atoms with Gasteiger partial charge in [-0.05, 0) is 39.8 Å². The lowest BCUT2D eigenvalue weighted by Gasteiger charge is -2.33. The lowest BCUT2D eigenvalue weighted by Crippen LogP contribution is -2.42. The van der Waals surface area contributed by atoms with Crippen molar-refractivity contribution >= 4 is 28.2 Å². The Bertz CT molecular complexity index is 996. The molecule has 1 aromatic carbocycles. The van der Waals surface area contributed by atoms with Crippen molar-refractivity contribution < 1.29 is 17.7 Å². The average Bonchev–Trinajstić information content (AvgIpc) is 2.64. The minimum Gasteiger partial charge on any atom is -0.598 e. The number of benzene rings is 1. The molecular formula is C20H27F3N4O2S. The molecule has 3 rings (SSSR count). The molecule has 0 amide bonds. The summed E-state index contributed by atoms with van der Waals surface area (Å²) >= 11 is -1.42. The van der Waals surface area contributed by atoms with Crippen LogP contribution in [0.4, 0.5) is 19.1 Å². The number of fused-ring (bicyclic) bond motifs is 1. The highest BCUT2D eigenvalue weighted by atomic mass is 32.2. The van der Waals surface area contributed by atoms with Gasteiger partial charge < -0.3 is 9.45 Å². The molecule has 1 N–H and O–H groups in total. The van der Waals surface area contributed by atoms with Crippen molar-refractivity contribution in [1.29, 1.82) is 0 Å². The Kier molecular flexibility index (Phi) is 6.14. The summed E-state index contributed by atoms with van der Waals surface area (Å²) in [6.07, 6.45) is -0.639. The van der Waals surface area contributed by atoms with E-state index in [-0.39, 0.29) is 42.8 Å². The number of rotatable bonds is 4. The van der Waals surface area contributed by atoms with Crippen LogP contribution in [0.1, 0.15) is 52.1 Å². The molecule has 1 saturated heterocycles. The Morgan fingerprint density at radius 2 is 1.87 bits per heavy atom. The van der Waals surface area contributed by atoms with Crippen molar-refractivity contribution in [3.8, 4) is 0 Å². The first-order valence-electron chi connectivity index (χ1n) is 9.81. The molecule has 2 aromatic rings. The van der Waals surface area contributed by atoms with Crippen LogP contribution in [0, 0.1) is 5.82 Å². The van der Waals surface area contributed by atoms with Crippen LogP contribution in [0.5, 0.6) is 0 Å².